The molecular formula is C24H31FN4O3. The molecule has 2 heterocycles. The number of anilines is 2. The lowest BCUT2D eigenvalue weighted by atomic mass is 9.83. The fraction of sp³-hybridized carbons (Fsp3) is 0.542. The molecule has 0 spiro atoms. The predicted octanol–water partition coefficient (Wildman–Crippen LogP) is 5.04. The number of carbonyl (C=O) groups excluding carboxylic acids is 1. The maximum Gasteiger partial charge on any atom is 0.415 e. The quantitative estimate of drug-likeness (QED) is 0.648. The van der Waals surface area contributed by atoms with Crippen molar-refractivity contribution in [2.45, 2.75) is 64.6 Å². The van der Waals surface area contributed by atoms with Crippen molar-refractivity contribution in [2.24, 2.45) is 11.8 Å². The Morgan fingerprint density at radius 2 is 1.84 bits per heavy atom. The molecule has 0 unspecified atom stereocenters. The summed E-state index contributed by atoms with van der Waals surface area (Å²) < 4.78 is 24.3. The summed E-state index contributed by atoms with van der Waals surface area (Å²) in [6.45, 7) is 6.65. The Hall–Kier alpha value is -2.90. The van der Waals surface area contributed by atoms with Crippen molar-refractivity contribution >= 4 is 17.9 Å². The predicted molar refractivity (Wildman–Crippen MR) is 120 cm³/mol. The Morgan fingerprint density at radius 3 is 2.53 bits per heavy atom. The highest BCUT2D eigenvalue weighted by Crippen LogP contribution is 2.31. The van der Waals surface area contributed by atoms with Crippen LogP contribution in [0.15, 0.2) is 36.5 Å². The van der Waals surface area contributed by atoms with Crippen LogP contribution in [0.1, 0.15) is 46.5 Å². The highest BCUT2D eigenvalue weighted by Gasteiger charge is 2.37. The zero-order valence-electron chi connectivity index (χ0n) is 18.8. The summed E-state index contributed by atoms with van der Waals surface area (Å²) in [7, 11) is 0. The van der Waals surface area contributed by atoms with Crippen LogP contribution in [0.25, 0.3) is 0 Å². The number of rotatable bonds is 7. The van der Waals surface area contributed by atoms with Gasteiger partial charge in [0.15, 0.2) is 0 Å². The Morgan fingerprint density at radius 1 is 1.12 bits per heavy atom. The molecule has 32 heavy (non-hydrogen) atoms. The van der Waals surface area contributed by atoms with Crippen LogP contribution in [0.2, 0.25) is 0 Å². The Bertz CT molecular complexity index is 916. The topological polar surface area (TPSA) is 76.6 Å². The lowest BCUT2D eigenvalue weighted by Gasteiger charge is -2.33. The van der Waals surface area contributed by atoms with Crippen LogP contribution in [0.4, 0.5) is 21.0 Å². The van der Waals surface area contributed by atoms with Crippen LogP contribution in [0, 0.1) is 17.7 Å². The number of cyclic esters (lactones) is 1. The van der Waals surface area contributed by atoms with Crippen molar-refractivity contribution in [1.29, 1.82) is 0 Å². The van der Waals surface area contributed by atoms with E-state index in [1.54, 1.807) is 29.3 Å². The molecule has 1 aliphatic carbocycles. The minimum Gasteiger partial charge on any atom is -0.490 e. The maximum absolute atomic E-state index is 13.1. The van der Waals surface area contributed by atoms with E-state index in [1.807, 2.05) is 0 Å². The fourth-order valence-electron chi connectivity index (χ4n) is 4.48. The van der Waals surface area contributed by atoms with Gasteiger partial charge >= 0.3 is 6.09 Å². The first-order chi connectivity index (χ1) is 15.4. The van der Waals surface area contributed by atoms with Crippen molar-refractivity contribution in [2.75, 3.05) is 16.8 Å². The molecule has 1 aromatic carbocycles. The normalized spacial score (nSPS) is 24.3. The molecule has 1 N–H and O–H groups in total. The van der Waals surface area contributed by atoms with Crippen molar-refractivity contribution < 1.29 is 18.7 Å². The van der Waals surface area contributed by atoms with Gasteiger partial charge in [-0.25, -0.2) is 14.2 Å². The third-order valence-electron chi connectivity index (χ3n) is 6.46. The number of halogens is 1. The van der Waals surface area contributed by atoms with Crippen LogP contribution in [-0.2, 0) is 4.74 Å². The van der Waals surface area contributed by atoms with Gasteiger partial charge in [-0.05, 0) is 74.8 Å². The van der Waals surface area contributed by atoms with Gasteiger partial charge in [0.1, 0.15) is 24.0 Å². The van der Waals surface area contributed by atoms with Crippen LogP contribution < -0.4 is 15.0 Å². The largest absolute Gasteiger partial charge is 0.490 e. The molecule has 1 saturated heterocycles. The lowest BCUT2D eigenvalue weighted by molar-refractivity contribution is 0.126. The van der Waals surface area contributed by atoms with Gasteiger partial charge < -0.3 is 14.8 Å². The summed E-state index contributed by atoms with van der Waals surface area (Å²) in [5.41, 5.74) is 0. The molecule has 2 fully saturated rings. The minimum atomic E-state index is -0.360. The molecule has 0 bridgehead atoms. The fourth-order valence-corrected chi connectivity index (χ4v) is 4.48. The Labute approximate surface area is 188 Å². The van der Waals surface area contributed by atoms with E-state index in [9.17, 15) is 9.18 Å². The molecular weight excluding hydrogens is 411 g/mol. The van der Waals surface area contributed by atoms with E-state index < -0.39 is 0 Å². The molecule has 0 radical (unpaired) electrons. The highest BCUT2D eigenvalue weighted by molar-refractivity contribution is 5.89. The smallest absolute Gasteiger partial charge is 0.415 e. The summed E-state index contributed by atoms with van der Waals surface area (Å²) >= 11 is 0. The molecule has 2 atom stereocenters. The number of carbonyl (C=O) groups is 1. The highest BCUT2D eigenvalue weighted by atomic mass is 19.1. The van der Waals surface area contributed by atoms with E-state index in [0.29, 0.717) is 30.0 Å². The van der Waals surface area contributed by atoms with Crippen molar-refractivity contribution in [3.63, 3.8) is 0 Å². The number of nitrogens with one attached hydrogen (secondary N) is 1. The molecule has 2 aliphatic rings. The number of nitrogens with zero attached hydrogens (tertiary/aromatic N) is 3. The van der Waals surface area contributed by atoms with Crippen LogP contribution in [-0.4, -0.2) is 40.9 Å². The third kappa shape index (κ3) is 5.11. The van der Waals surface area contributed by atoms with Gasteiger partial charge in [0.05, 0.1) is 12.1 Å². The molecule has 8 heteroatoms. The van der Waals surface area contributed by atoms with E-state index in [2.05, 4.69) is 36.1 Å². The van der Waals surface area contributed by atoms with Gasteiger partial charge in [0.2, 0.25) is 5.95 Å². The minimum absolute atomic E-state index is 0.0286. The van der Waals surface area contributed by atoms with E-state index in [1.165, 1.54) is 12.1 Å². The van der Waals surface area contributed by atoms with Gasteiger partial charge in [0.25, 0.3) is 0 Å². The monoisotopic (exact) mass is 442 g/mol. The Kier molecular flexibility index (Phi) is 6.77. The average molecular weight is 443 g/mol. The lowest BCUT2D eigenvalue weighted by Crippen LogP contribution is -2.38. The zero-order valence-corrected chi connectivity index (χ0v) is 18.8. The van der Waals surface area contributed by atoms with Crippen LogP contribution in [0.5, 0.6) is 5.75 Å². The summed E-state index contributed by atoms with van der Waals surface area (Å²) in [6.07, 6.45) is 5.41. The first kappa shape index (κ1) is 22.3. The number of benzene rings is 1. The molecule has 1 aromatic heterocycles. The van der Waals surface area contributed by atoms with Gasteiger partial charge in [-0.2, -0.15) is 4.98 Å². The molecule has 1 saturated carbocycles. The summed E-state index contributed by atoms with van der Waals surface area (Å²) in [6, 6.07) is 8.10. The SMILES string of the molecule is CC(C)[C@H]1COC(=O)N1c1ccnc(N[C@@H](C)C2CCC(Oc3ccc(F)cc3)CC2)n1. The zero-order chi connectivity index (χ0) is 22.7. The number of hydrogen-bond acceptors (Lipinski definition) is 6. The number of hydrogen-bond donors (Lipinski definition) is 1. The number of amides is 1. The second-order valence-corrected chi connectivity index (χ2v) is 9.04. The van der Waals surface area contributed by atoms with Gasteiger partial charge in [-0.1, -0.05) is 13.8 Å². The van der Waals surface area contributed by atoms with Gasteiger partial charge in [-0.3, -0.25) is 4.90 Å². The van der Waals surface area contributed by atoms with E-state index in [4.69, 9.17) is 9.47 Å². The molecule has 4 rings (SSSR count). The Balaban J connectivity index is 1.32. The second kappa shape index (κ2) is 9.71. The van der Waals surface area contributed by atoms with E-state index in [0.717, 1.165) is 25.7 Å². The third-order valence-corrected chi connectivity index (χ3v) is 6.46. The number of aromatic nitrogens is 2. The molecule has 1 aliphatic heterocycles. The molecule has 1 amide bonds. The molecule has 2 aromatic rings. The van der Waals surface area contributed by atoms with Crippen LogP contribution in [0.3, 0.4) is 0 Å². The first-order valence-electron chi connectivity index (χ1n) is 11.4. The van der Waals surface area contributed by atoms with E-state index in [-0.39, 0.29) is 36.0 Å². The van der Waals surface area contributed by atoms with Gasteiger partial charge in [0, 0.05) is 12.2 Å². The van der Waals surface area contributed by atoms with E-state index >= 15 is 0 Å². The average Bonchev–Trinajstić information content (AvgIpc) is 3.18. The molecule has 172 valence electrons. The summed E-state index contributed by atoms with van der Waals surface area (Å²) in [5, 5.41) is 3.42. The molecule has 7 nitrogen and oxygen atoms in total. The first-order valence-corrected chi connectivity index (χ1v) is 11.4. The van der Waals surface area contributed by atoms with Crippen molar-refractivity contribution in [3.8, 4) is 5.75 Å². The van der Waals surface area contributed by atoms with Crippen molar-refractivity contribution in [1.82, 2.24) is 9.97 Å². The van der Waals surface area contributed by atoms with Gasteiger partial charge in [-0.15, -0.1) is 0 Å². The summed E-state index contributed by atoms with van der Waals surface area (Å²) in [5.74, 6) is 2.27. The number of ether oxygens (including phenoxy) is 2. The van der Waals surface area contributed by atoms with Crippen molar-refractivity contribution in [3.05, 3.63) is 42.3 Å². The van der Waals surface area contributed by atoms with Crippen LogP contribution >= 0.6 is 0 Å². The second-order valence-electron chi connectivity index (χ2n) is 9.04. The standard InChI is InChI=1S/C24H31FN4O3/c1-15(2)21-14-31-24(30)29(21)22-12-13-26-23(28-22)27-16(3)17-4-8-19(9-5-17)32-20-10-6-18(25)7-11-20/h6-7,10-13,15-17,19,21H,4-5,8-9,14H2,1-3H3,(H,26,27,28)/t16-,17?,19?,21+/m0/s1. The maximum atomic E-state index is 13.1. The summed E-state index contributed by atoms with van der Waals surface area (Å²) in [4.78, 5) is 22.8.